The van der Waals surface area contributed by atoms with Crippen LogP contribution < -0.4 is 27.6 Å². The molecule has 0 radical (unpaired) electrons. The number of amides is 3. The van der Waals surface area contributed by atoms with Crippen LogP contribution in [-0.2, 0) is 9.59 Å². The number of carbonyl (C=O) groups excluding carboxylic acids is 3. The number of hydrogen-bond donors (Lipinski definition) is 6. The van der Waals surface area contributed by atoms with Gasteiger partial charge >= 0.3 is 0 Å². The zero-order valence-electron chi connectivity index (χ0n) is 16.4. The van der Waals surface area contributed by atoms with E-state index in [9.17, 15) is 14.4 Å². The number of nitrogens with two attached hydrogens (primary N) is 2. The minimum atomic E-state index is -1.05. The van der Waals surface area contributed by atoms with Gasteiger partial charge < -0.3 is 22.1 Å². The standard InChI is InChI=1S/C22H21N5O4/c23-13-19(22(30)27-31)26-21(29)17-11-9-15(10-12-17)5-1-2-6-16-7-3-4-8-18(16)25-20(28)14-24/h3-4,7-12,19,31H,13-14,23-24H2,(H,25,28)(H,26,29)(H,27,30)/t19-/m0/s1. The van der Waals surface area contributed by atoms with Gasteiger partial charge in [0, 0.05) is 23.2 Å². The lowest BCUT2D eigenvalue weighted by atomic mass is 10.1. The molecular weight excluding hydrogens is 398 g/mol. The topological polar surface area (TPSA) is 160 Å². The van der Waals surface area contributed by atoms with Crippen LogP contribution in [0.15, 0.2) is 48.5 Å². The summed E-state index contributed by atoms with van der Waals surface area (Å²) in [6, 6.07) is 12.3. The molecule has 0 aromatic heterocycles. The Balaban J connectivity index is 2.06. The van der Waals surface area contributed by atoms with Gasteiger partial charge in [-0.3, -0.25) is 19.6 Å². The van der Waals surface area contributed by atoms with Gasteiger partial charge in [0.2, 0.25) is 5.91 Å². The molecule has 1 atom stereocenters. The lowest BCUT2D eigenvalue weighted by molar-refractivity contribution is -0.130. The Morgan fingerprint density at radius 3 is 2.29 bits per heavy atom. The fourth-order valence-electron chi connectivity index (χ4n) is 2.36. The number of rotatable bonds is 6. The average molecular weight is 419 g/mol. The predicted octanol–water partition coefficient (Wildman–Crippen LogP) is -0.450. The van der Waals surface area contributed by atoms with E-state index in [1.165, 1.54) is 17.6 Å². The van der Waals surface area contributed by atoms with E-state index >= 15 is 0 Å². The molecule has 0 fully saturated rings. The molecule has 0 saturated carbocycles. The van der Waals surface area contributed by atoms with Gasteiger partial charge in [0.15, 0.2) is 0 Å². The van der Waals surface area contributed by atoms with Gasteiger partial charge in [0.1, 0.15) is 6.04 Å². The maximum atomic E-state index is 12.2. The zero-order valence-corrected chi connectivity index (χ0v) is 16.4. The normalized spacial score (nSPS) is 10.4. The Hall–Kier alpha value is -4.15. The molecule has 0 aliphatic heterocycles. The minimum Gasteiger partial charge on any atom is -0.339 e. The van der Waals surface area contributed by atoms with Crippen molar-refractivity contribution in [2.24, 2.45) is 11.5 Å². The van der Waals surface area contributed by atoms with E-state index in [4.69, 9.17) is 16.7 Å². The van der Waals surface area contributed by atoms with E-state index in [0.717, 1.165) is 0 Å². The van der Waals surface area contributed by atoms with Crippen molar-refractivity contribution in [1.29, 1.82) is 0 Å². The highest BCUT2D eigenvalue weighted by Crippen LogP contribution is 2.13. The molecule has 0 aliphatic rings. The van der Waals surface area contributed by atoms with Crippen LogP contribution >= 0.6 is 0 Å². The summed E-state index contributed by atoms with van der Waals surface area (Å²) in [6.45, 7) is -0.295. The Bertz CT molecular complexity index is 1070. The summed E-state index contributed by atoms with van der Waals surface area (Å²) in [6.07, 6.45) is 0. The number of benzene rings is 2. The van der Waals surface area contributed by atoms with Gasteiger partial charge in [-0.2, -0.15) is 0 Å². The number of hydrogen-bond acceptors (Lipinski definition) is 6. The van der Waals surface area contributed by atoms with Crippen LogP contribution in [0.25, 0.3) is 0 Å². The first-order chi connectivity index (χ1) is 15.0. The van der Waals surface area contributed by atoms with Crippen molar-refractivity contribution in [3.05, 3.63) is 65.2 Å². The number of carbonyl (C=O) groups is 3. The Labute approximate surface area is 179 Å². The fraction of sp³-hybridized carbons (Fsp3) is 0.136. The van der Waals surface area contributed by atoms with Crippen molar-refractivity contribution in [2.45, 2.75) is 6.04 Å². The Kier molecular flexibility index (Phi) is 8.77. The van der Waals surface area contributed by atoms with Gasteiger partial charge in [-0.15, -0.1) is 0 Å². The monoisotopic (exact) mass is 419 g/mol. The molecule has 2 aromatic rings. The molecule has 158 valence electrons. The highest BCUT2D eigenvalue weighted by Gasteiger charge is 2.19. The van der Waals surface area contributed by atoms with Crippen LogP contribution in [0.1, 0.15) is 21.5 Å². The second-order valence-electron chi connectivity index (χ2n) is 6.11. The van der Waals surface area contributed by atoms with E-state index < -0.39 is 17.9 Å². The molecule has 0 heterocycles. The summed E-state index contributed by atoms with van der Waals surface area (Å²) < 4.78 is 0. The summed E-state index contributed by atoms with van der Waals surface area (Å²) in [7, 11) is 0. The molecule has 9 heteroatoms. The maximum absolute atomic E-state index is 12.2. The Morgan fingerprint density at radius 2 is 1.65 bits per heavy atom. The van der Waals surface area contributed by atoms with Crippen LogP contribution in [0, 0.1) is 23.7 Å². The average Bonchev–Trinajstić information content (AvgIpc) is 2.80. The van der Waals surface area contributed by atoms with E-state index in [1.54, 1.807) is 36.4 Å². The highest BCUT2D eigenvalue weighted by molar-refractivity contribution is 5.97. The van der Waals surface area contributed by atoms with Crippen molar-refractivity contribution in [3.8, 4) is 23.7 Å². The van der Waals surface area contributed by atoms with E-state index in [1.807, 2.05) is 0 Å². The van der Waals surface area contributed by atoms with Crippen LogP contribution in [0.3, 0.4) is 0 Å². The zero-order chi connectivity index (χ0) is 22.6. The molecule has 2 aromatic carbocycles. The first kappa shape index (κ1) is 23.1. The summed E-state index contributed by atoms with van der Waals surface area (Å²) in [5.41, 5.74) is 14.2. The van der Waals surface area contributed by atoms with Crippen molar-refractivity contribution in [2.75, 3.05) is 18.4 Å². The van der Waals surface area contributed by atoms with E-state index in [0.29, 0.717) is 22.4 Å². The van der Waals surface area contributed by atoms with Crippen LogP contribution in [0.5, 0.6) is 0 Å². The molecule has 2 rings (SSSR count). The molecule has 31 heavy (non-hydrogen) atoms. The highest BCUT2D eigenvalue weighted by atomic mass is 16.5. The molecule has 8 N–H and O–H groups in total. The third-order valence-electron chi connectivity index (χ3n) is 3.97. The van der Waals surface area contributed by atoms with Crippen LogP contribution in [0.4, 0.5) is 5.69 Å². The smallest absolute Gasteiger partial charge is 0.267 e. The molecule has 9 nitrogen and oxygen atoms in total. The minimum absolute atomic E-state index is 0.128. The van der Waals surface area contributed by atoms with Gasteiger partial charge in [-0.25, -0.2) is 5.48 Å². The van der Waals surface area contributed by atoms with Crippen LogP contribution in [-0.4, -0.2) is 42.1 Å². The van der Waals surface area contributed by atoms with E-state index in [2.05, 4.69) is 34.3 Å². The first-order valence-electron chi connectivity index (χ1n) is 9.14. The Morgan fingerprint density at radius 1 is 0.968 bits per heavy atom. The molecule has 0 aliphatic carbocycles. The predicted molar refractivity (Wildman–Crippen MR) is 115 cm³/mol. The largest absolute Gasteiger partial charge is 0.339 e. The van der Waals surface area contributed by atoms with Crippen molar-refractivity contribution >= 4 is 23.4 Å². The van der Waals surface area contributed by atoms with Crippen molar-refractivity contribution < 1.29 is 19.6 Å². The number of para-hydroxylation sites is 1. The number of anilines is 1. The third-order valence-corrected chi connectivity index (χ3v) is 3.97. The van der Waals surface area contributed by atoms with E-state index in [-0.39, 0.29) is 19.0 Å². The molecule has 3 amide bonds. The van der Waals surface area contributed by atoms with Crippen LogP contribution in [0.2, 0.25) is 0 Å². The molecule has 0 bridgehead atoms. The summed E-state index contributed by atoms with van der Waals surface area (Å²) >= 11 is 0. The molecule has 0 saturated heterocycles. The van der Waals surface area contributed by atoms with Crippen molar-refractivity contribution in [3.63, 3.8) is 0 Å². The first-order valence-corrected chi connectivity index (χ1v) is 9.14. The molecule has 0 spiro atoms. The molecular formula is C22H21N5O4. The fourth-order valence-corrected chi connectivity index (χ4v) is 2.36. The lowest BCUT2D eigenvalue weighted by Gasteiger charge is -2.14. The maximum Gasteiger partial charge on any atom is 0.267 e. The second-order valence-corrected chi connectivity index (χ2v) is 6.11. The summed E-state index contributed by atoms with van der Waals surface area (Å²) in [5.74, 6) is 9.51. The second kappa shape index (κ2) is 11.8. The van der Waals surface area contributed by atoms with Gasteiger partial charge in [0.25, 0.3) is 11.8 Å². The number of hydroxylamine groups is 1. The van der Waals surface area contributed by atoms with Gasteiger partial charge in [0.05, 0.1) is 12.2 Å². The quantitative estimate of drug-likeness (QED) is 0.211. The third kappa shape index (κ3) is 6.99. The SMILES string of the molecule is NCC(=O)Nc1ccccc1C#CC#Cc1ccc(C(=O)N[C@@H](CN)C(=O)NO)cc1. The lowest BCUT2D eigenvalue weighted by Crippen LogP contribution is -2.50. The summed E-state index contributed by atoms with van der Waals surface area (Å²) in [4.78, 5) is 35.0. The number of nitrogens with one attached hydrogen (secondary N) is 3. The summed E-state index contributed by atoms with van der Waals surface area (Å²) in [5, 5.41) is 13.7. The van der Waals surface area contributed by atoms with Gasteiger partial charge in [-0.05, 0) is 48.2 Å². The molecule has 0 unspecified atom stereocenters. The van der Waals surface area contributed by atoms with Crippen molar-refractivity contribution in [1.82, 2.24) is 10.8 Å². The van der Waals surface area contributed by atoms with Gasteiger partial charge in [-0.1, -0.05) is 24.0 Å².